The van der Waals surface area contributed by atoms with Crippen LogP contribution >= 0.6 is 0 Å². The highest BCUT2D eigenvalue weighted by atomic mass is 16.2. The molecule has 2 aliphatic heterocycles. The van der Waals surface area contributed by atoms with Crippen molar-refractivity contribution in [1.82, 2.24) is 5.32 Å². The second kappa shape index (κ2) is 4.04. The Morgan fingerprint density at radius 2 is 2.12 bits per heavy atom. The molecule has 1 amide bonds. The van der Waals surface area contributed by atoms with Crippen LogP contribution in [0.3, 0.4) is 0 Å². The molecule has 0 saturated carbocycles. The number of amides is 1. The Labute approximate surface area is 101 Å². The van der Waals surface area contributed by atoms with Gasteiger partial charge < -0.3 is 15.1 Å². The Morgan fingerprint density at radius 3 is 2.88 bits per heavy atom. The van der Waals surface area contributed by atoms with E-state index in [0.29, 0.717) is 6.54 Å². The van der Waals surface area contributed by atoms with Gasteiger partial charge in [0.25, 0.3) is 0 Å². The summed E-state index contributed by atoms with van der Waals surface area (Å²) in [6.45, 7) is 5.40. The van der Waals surface area contributed by atoms with Crippen molar-refractivity contribution in [2.75, 3.05) is 36.0 Å². The van der Waals surface area contributed by atoms with E-state index in [1.807, 2.05) is 23.1 Å². The molecule has 0 bridgehead atoms. The molecule has 1 N–H and O–H groups in total. The van der Waals surface area contributed by atoms with Gasteiger partial charge in [-0.05, 0) is 19.1 Å². The van der Waals surface area contributed by atoms with Crippen molar-refractivity contribution in [3.05, 3.63) is 24.3 Å². The van der Waals surface area contributed by atoms with Gasteiger partial charge in [0, 0.05) is 19.6 Å². The lowest BCUT2D eigenvalue weighted by molar-refractivity contribution is -0.119. The Morgan fingerprint density at radius 1 is 1.35 bits per heavy atom. The number of piperazine rings is 1. The van der Waals surface area contributed by atoms with Gasteiger partial charge in [-0.2, -0.15) is 0 Å². The monoisotopic (exact) mass is 231 g/mol. The van der Waals surface area contributed by atoms with E-state index in [4.69, 9.17) is 0 Å². The third kappa shape index (κ3) is 1.60. The van der Waals surface area contributed by atoms with Crippen molar-refractivity contribution in [2.45, 2.75) is 13.0 Å². The predicted octanol–water partition coefficient (Wildman–Crippen LogP) is 0.831. The third-order valence-corrected chi connectivity index (χ3v) is 3.58. The summed E-state index contributed by atoms with van der Waals surface area (Å²) in [5.41, 5.74) is 2.25. The minimum atomic E-state index is 0.185. The molecule has 1 atom stereocenters. The summed E-state index contributed by atoms with van der Waals surface area (Å²) in [5, 5.41) is 3.19. The van der Waals surface area contributed by atoms with Crippen molar-refractivity contribution >= 4 is 17.3 Å². The van der Waals surface area contributed by atoms with Gasteiger partial charge in [0.15, 0.2) is 0 Å². The molecule has 2 heterocycles. The molecule has 0 aliphatic carbocycles. The first kappa shape index (κ1) is 10.6. The fourth-order valence-electron chi connectivity index (χ4n) is 2.79. The van der Waals surface area contributed by atoms with Crippen LogP contribution < -0.4 is 15.1 Å². The van der Waals surface area contributed by atoms with Crippen LogP contribution in [0.5, 0.6) is 0 Å². The van der Waals surface area contributed by atoms with E-state index < -0.39 is 0 Å². The Hall–Kier alpha value is -1.55. The van der Waals surface area contributed by atoms with Crippen LogP contribution in [0.25, 0.3) is 0 Å². The van der Waals surface area contributed by atoms with Crippen molar-refractivity contribution < 1.29 is 4.79 Å². The zero-order valence-electron chi connectivity index (χ0n) is 10.0. The van der Waals surface area contributed by atoms with Crippen LogP contribution in [0.4, 0.5) is 11.4 Å². The Kier molecular flexibility index (Phi) is 2.52. The molecule has 1 saturated heterocycles. The molecular weight excluding hydrogens is 214 g/mol. The molecule has 1 fully saturated rings. The van der Waals surface area contributed by atoms with Crippen LogP contribution in [-0.2, 0) is 4.79 Å². The maximum atomic E-state index is 12.0. The van der Waals surface area contributed by atoms with Gasteiger partial charge in [0.2, 0.25) is 5.91 Å². The van der Waals surface area contributed by atoms with E-state index >= 15 is 0 Å². The van der Waals surface area contributed by atoms with Gasteiger partial charge in [-0.15, -0.1) is 0 Å². The van der Waals surface area contributed by atoms with Crippen LogP contribution in [0.1, 0.15) is 6.92 Å². The summed E-state index contributed by atoms with van der Waals surface area (Å²) in [6.07, 6.45) is 0. The smallest absolute Gasteiger partial charge is 0.241 e. The van der Waals surface area contributed by atoms with Gasteiger partial charge in [-0.25, -0.2) is 0 Å². The number of para-hydroxylation sites is 2. The van der Waals surface area contributed by atoms with E-state index in [0.717, 1.165) is 25.3 Å². The summed E-state index contributed by atoms with van der Waals surface area (Å²) in [7, 11) is 0. The number of hydrogen-bond donors (Lipinski definition) is 1. The second-order valence-electron chi connectivity index (χ2n) is 4.58. The topological polar surface area (TPSA) is 35.6 Å². The summed E-state index contributed by atoms with van der Waals surface area (Å²) in [6, 6.07) is 8.46. The summed E-state index contributed by atoms with van der Waals surface area (Å²) >= 11 is 0. The molecule has 17 heavy (non-hydrogen) atoms. The molecule has 3 rings (SSSR count). The number of hydrogen-bond acceptors (Lipinski definition) is 3. The van der Waals surface area contributed by atoms with E-state index in [1.165, 1.54) is 5.69 Å². The molecule has 0 spiro atoms. The van der Waals surface area contributed by atoms with Crippen molar-refractivity contribution in [3.63, 3.8) is 0 Å². The van der Waals surface area contributed by atoms with Crippen molar-refractivity contribution in [2.24, 2.45) is 0 Å². The minimum absolute atomic E-state index is 0.185. The fraction of sp³-hybridized carbons (Fsp3) is 0.462. The maximum Gasteiger partial charge on any atom is 0.241 e. The number of benzene rings is 1. The zero-order chi connectivity index (χ0) is 11.8. The van der Waals surface area contributed by atoms with Gasteiger partial charge >= 0.3 is 0 Å². The SMILES string of the molecule is CCN1CC2CNCC(=O)N2c2ccccc21. The lowest BCUT2D eigenvalue weighted by Gasteiger charge is -2.45. The normalized spacial score (nSPS) is 23.4. The first-order valence-electron chi connectivity index (χ1n) is 6.18. The molecular formula is C13H17N3O. The molecule has 4 nitrogen and oxygen atoms in total. The molecule has 0 radical (unpaired) electrons. The molecule has 2 aliphatic rings. The van der Waals surface area contributed by atoms with Gasteiger partial charge in [-0.3, -0.25) is 4.79 Å². The van der Waals surface area contributed by atoms with Crippen LogP contribution in [0, 0.1) is 0 Å². The number of fused-ring (bicyclic) bond motifs is 3. The average molecular weight is 231 g/mol. The Bertz CT molecular complexity index is 446. The minimum Gasteiger partial charge on any atom is -0.368 e. The zero-order valence-corrected chi connectivity index (χ0v) is 10.0. The molecule has 4 heteroatoms. The van der Waals surface area contributed by atoms with Crippen LogP contribution in [0.15, 0.2) is 24.3 Å². The van der Waals surface area contributed by atoms with Gasteiger partial charge in [-0.1, -0.05) is 12.1 Å². The maximum absolute atomic E-state index is 12.0. The number of likely N-dealkylation sites (N-methyl/N-ethyl adjacent to an activating group) is 1. The number of anilines is 2. The average Bonchev–Trinajstić information content (AvgIpc) is 2.37. The largest absolute Gasteiger partial charge is 0.368 e. The number of nitrogens with one attached hydrogen (secondary N) is 1. The lowest BCUT2D eigenvalue weighted by Crippen LogP contribution is -2.61. The Balaban J connectivity index is 2.07. The van der Waals surface area contributed by atoms with E-state index in [1.54, 1.807) is 0 Å². The van der Waals surface area contributed by atoms with Crippen molar-refractivity contribution in [1.29, 1.82) is 0 Å². The highest BCUT2D eigenvalue weighted by Crippen LogP contribution is 2.35. The number of carbonyl (C=O) groups is 1. The first-order chi connectivity index (χ1) is 8.31. The molecule has 1 aromatic carbocycles. The molecule has 1 unspecified atom stereocenters. The second-order valence-corrected chi connectivity index (χ2v) is 4.58. The summed E-state index contributed by atoms with van der Waals surface area (Å²) in [5.74, 6) is 0.185. The lowest BCUT2D eigenvalue weighted by atomic mass is 10.0. The highest BCUT2D eigenvalue weighted by Gasteiger charge is 2.35. The van der Waals surface area contributed by atoms with E-state index in [2.05, 4.69) is 23.2 Å². The predicted molar refractivity (Wildman–Crippen MR) is 68.5 cm³/mol. The van der Waals surface area contributed by atoms with E-state index in [-0.39, 0.29) is 11.9 Å². The van der Waals surface area contributed by atoms with Gasteiger partial charge in [0.05, 0.1) is 24.0 Å². The number of rotatable bonds is 1. The standard InChI is InChI=1S/C13H17N3O/c1-2-15-9-10-7-14-8-13(17)16(10)12-6-4-3-5-11(12)15/h3-6,10,14H,2,7-9H2,1H3. The number of nitrogens with zero attached hydrogens (tertiary/aromatic N) is 2. The molecule has 90 valence electrons. The molecule has 1 aromatic rings. The first-order valence-corrected chi connectivity index (χ1v) is 6.18. The quantitative estimate of drug-likeness (QED) is 0.777. The molecule has 0 aromatic heterocycles. The third-order valence-electron chi connectivity index (χ3n) is 3.58. The summed E-state index contributed by atoms with van der Waals surface area (Å²) in [4.78, 5) is 16.3. The fourth-order valence-corrected chi connectivity index (χ4v) is 2.79. The van der Waals surface area contributed by atoms with Gasteiger partial charge in [0.1, 0.15) is 0 Å². The summed E-state index contributed by atoms with van der Waals surface area (Å²) < 4.78 is 0. The van der Waals surface area contributed by atoms with Crippen molar-refractivity contribution in [3.8, 4) is 0 Å². The van der Waals surface area contributed by atoms with E-state index in [9.17, 15) is 4.79 Å². The number of carbonyl (C=O) groups excluding carboxylic acids is 1. The highest BCUT2D eigenvalue weighted by molar-refractivity contribution is 6.00. The van der Waals surface area contributed by atoms with Crippen LogP contribution in [0.2, 0.25) is 0 Å². The van der Waals surface area contributed by atoms with Crippen LogP contribution in [-0.4, -0.2) is 38.1 Å².